The molecule has 0 saturated carbocycles. The molecule has 3 aliphatic rings. The predicted octanol–water partition coefficient (Wildman–Crippen LogP) is 4.59. The van der Waals surface area contributed by atoms with Gasteiger partial charge in [0.1, 0.15) is 6.10 Å². The first kappa shape index (κ1) is 34.0. The summed E-state index contributed by atoms with van der Waals surface area (Å²) in [5.74, 6) is -1.42. The standard InChI is InChI=1S/C37H39NO11/c1-43-36-33-32(31(30(21-39)46-36)49-37(42)38-27-16-17-28-29(20-27)45-22-44-28)47-34(40)25(18-23-10-4-2-5-11-23)14-8-9-15-26(35(41)48-33)19-24-12-6-3-7-13-24/h2-13,16-17,20,25-26,30-33,36,39H,14-15,18-19,21-22H2,1H3,(H,38,42)/b9-8-/t25-,26-,30-,31-,32+,33-,36+/m1/s1. The molecule has 3 heterocycles. The van der Waals surface area contributed by atoms with Gasteiger partial charge in [-0.2, -0.15) is 0 Å². The molecule has 1 saturated heterocycles. The molecule has 0 bridgehead atoms. The molecule has 6 rings (SSSR count). The van der Waals surface area contributed by atoms with Crippen LogP contribution in [0, 0.1) is 11.8 Å². The van der Waals surface area contributed by atoms with Crippen molar-refractivity contribution in [2.75, 3.05) is 25.8 Å². The van der Waals surface area contributed by atoms with Gasteiger partial charge in [0.15, 0.2) is 36.1 Å². The number of ether oxygens (including phenoxy) is 7. The number of amides is 1. The fourth-order valence-corrected chi connectivity index (χ4v) is 6.17. The van der Waals surface area contributed by atoms with Crippen LogP contribution in [0.5, 0.6) is 11.5 Å². The molecule has 12 heteroatoms. The average molecular weight is 674 g/mol. The van der Waals surface area contributed by atoms with Gasteiger partial charge in [0, 0.05) is 18.9 Å². The Morgan fingerprint density at radius 1 is 0.816 bits per heavy atom. The number of nitrogens with one attached hydrogen (secondary N) is 1. The number of fused-ring (bicyclic) bond motifs is 2. The third kappa shape index (κ3) is 8.40. The summed E-state index contributed by atoms with van der Waals surface area (Å²) in [6, 6.07) is 23.9. The van der Waals surface area contributed by atoms with Crippen LogP contribution in [0.2, 0.25) is 0 Å². The van der Waals surface area contributed by atoms with Crippen molar-refractivity contribution < 1.29 is 52.6 Å². The monoisotopic (exact) mass is 673 g/mol. The van der Waals surface area contributed by atoms with E-state index in [4.69, 9.17) is 33.2 Å². The van der Waals surface area contributed by atoms with Gasteiger partial charge in [-0.25, -0.2) is 4.79 Å². The van der Waals surface area contributed by atoms with Crippen LogP contribution in [0.15, 0.2) is 91.0 Å². The molecule has 0 radical (unpaired) electrons. The van der Waals surface area contributed by atoms with Crippen LogP contribution in [-0.2, 0) is 46.1 Å². The lowest BCUT2D eigenvalue weighted by atomic mass is 9.92. The molecule has 12 nitrogen and oxygen atoms in total. The number of aliphatic hydroxyl groups excluding tert-OH is 1. The number of carbonyl (C=O) groups excluding carboxylic acids is 3. The summed E-state index contributed by atoms with van der Waals surface area (Å²) in [6.07, 6.45) is -2.28. The van der Waals surface area contributed by atoms with Gasteiger partial charge in [0.2, 0.25) is 6.79 Å². The lowest BCUT2D eigenvalue weighted by Gasteiger charge is -2.44. The van der Waals surface area contributed by atoms with Gasteiger partial charge in [-0.3, -0.25) is 14.9 Å². The summed E-state index contributed by atoms with van der Waals surface area (Å²) >= 11 is 0. The Hall–Kier alpha value is -4.91. The van der Waals surface area contributed by atoms with Crippen LogP contribution in [0.3, 0.4) is 0 Å². The highest BCUT2D eigenvalue weighted by atomic mass is 16.7. The number of carbonyl (C=O) groups is 3. The Kier molecular flexibility index (Phi) is 11.1. The van der Waals surface area contributed by atoms with E-state index in [1.807, 2.05) is 72.8 Å². The van der Waals surface area contributed by atoms with E-state index in [9.17, 15) is 19.5 Å². The third-order valence-corrected chi connectivity index (χ3v) is 8.69. The number of hydrogen-bond donors (Lipinski definition) is 2. The zero-order valence-corrected chi connectivity index (χ0v) is 27.0. The van der Waals surface area contributed by atoms with Crippen molar-refractivity contribution in [2.24, 2.45) is 11.8 Å². The van der Waals surface area contributed by atoms with E-state index in [0.717, 1.165) is 11.1 Å². The van der Waals surface area contributed by atoms with E-state index in [1.165, 1.54) is 7.11 Å². The quantitative estimate of drug-likeness (QED) is 0.197. The zero-order valence-electron chi connectivity index (χ0n) is 27.0. The smallest absolute Gasteiger partial charge is 0.412 e. The van der Waals surface area contributed by atoms with E-state index in [1.54, 1.807) is 18.2 Å². The molecule has 1 fully saturated rings. The van der Waals surface area contributed by atoms with Crippen molar-refractivity contribution in [3.05, 3.63) is 102 Å². The summed E-state index contributed by atoms with van der Waals surface area (Å²) in [4.78, 5) is 41.1. The van der Waals surface area contributed by atoms with Gasteiger partial charge in [-0.05, 0) is 48.9 Å². The maximum absolute atomic E-state index is 14.0. The van der Waals surface area contributed by atoms with Crippen molar-refractivity contribution in [3.63, 3.8) is 0 Å². The van der Waals surface area contributed by atoms with E-state index >= 15 is 0 Å². The largest absolute Gasteiger partial charge is 0.454 e. The van der Waals surface area contributed by atoms with Gasteiger partial charge in [0.25, 0.3) is 0 Å². The number of methoxy groups -OCH3 is 1. The van der Waals surface area contributed by atoms with E-state index in [2.05, 4.69) is 5.32 Å². The second-order valence-corrected chi connectivity index (χ2v) is 12.0. The maximum atomic E-state index is 14.0. The Labute approximate surface area is 283 Å². The first-order chi connectivity index (χ1) is 23.9. The van der Waals surface area contributed by atoms with Crippen LogP contribution >= 0.6 is 0 Å². The van der Waals surface area contributed by atoms with E-state index in [0.29, 0.717) is 42.9 Å². The topological polar surface area (TPSA) is 148 Å². The van der Waals surface area contributed by atoms with Crippen LogP contribution in [-0.4, -0.2) is 74.4 Å². The number of aliphatic hydroxyl groups is 1. The summed E-state index contributed by atoms with van der Waals surface area (Å²) < 4.78 is 40.3. The molecule has 1 amide bonds. The van der Waals surface area contributed by atoms with Gasteiger partial charge in [0.05, 0.1) is 18.4 Å². The highest BCUT2D eigenvalue weighted by Crippen LogP contribution is 2.35. The Balaban J connectivity index is 1.31. The normalized spacial score (nSPS) is 27.3. The van der Waals surface area contributed by atoms with Crippen LogP contribution in [0.25, 0.3) is 0 Å². The van der Waals surface area contributed by atoms with E-state index < -0.39 is 67.2 Å². The zero-order chi connectivity index (χ0) is 34.2. The number of esters is 2. The third-order valence-electron chi connectivity index (χ3n) is 8.69. The van der Waals surface area contributed by atoms with Gasteiger partial charge >= 0.3 is 18.0 Å². The average Bonchev–Trinajstić information content (AvgIpc) is 3.59. The summed E-state index contributed by atoms with van der Waals surface area (Å²) in [6.45, 7) is -0.564. The Morgan fingerprint density at radius 3 is 2.00 bits per heavy atom. The predicted molar refractivity (Wildman–Crippen MR) is 175 cm³/mol. The lowest BCUT2D eigenvalue weighted by Crippen LogP contribution is -2.63. The summed E-state index contributed by atoms with van der Waals surface area (Å²) in [5.41, 5.74) is 2.22. The first-order valence-corrected chi connectivity index (χ1v) is 16.2. The lowest BCUT2D eigenvalue weighted by molar-refractivity contribution is -0.300. The van der Waals surface area contributed by atoms with Gasteiger partial charge in [-0.15, -0.1) is 0 Å². The fourth-order valence-electron chi connectivity index (χ4n) is 6.17. The molecule has 0 spiro atoms. The van der Waals surface area contributed by atoms with Crippen LogP contribution in [0.1, 0.15) is 24.0 Å². The van der Waals surface area contributed by atoms with Gasteiger partial charge in [-0.1, -0.05) is 72.8 Å². The molecular formula is C37H39NO11. The molecule has 2 N–H and O–H groups in total. The highest BCUT2D eigenvalue weighted by molar-refractivity contribution is 5.85. The molecule has 0 aromatic heterocycles. The van der Waals surface area contributed by atoms with Crippen molar-refractivity contribution in [1.29, 1.82) is 0 Å². The molecule has 49 heavy (non-hydrogen) atoms. The molecule has 3 aliphatic heterocycles. The summed E-state index contributed by atoms with van der Waals surface area (Å²) in [7, 11) is 1.35. The van der Waals surface area contributed by atoms with Gasteiger partial charge < -0.3 is 38.3 Å². The number of anilines is 1. The second-order valence-electron chi connectivity index (χ2n) is 12.0. The van der Waals surface area contributed by atoms with E-state index in [-0.39, 0.29) is 6.79 Å². The summed E-state index contributed by atoms with van der Waals surface area (Å²) in [5, 5.41) is 13.0. The molecule has 3 aromatic carbocycles. The highest BCUT2D eigenvalue weighted by Gasteiger charge is 2.53. The Morgan fingerprint density at radius 2 is 1.41 bits per heavy atom. The number of hydrogen-bond acceptors (Lipinski definition) is 11. The second kappa shape index (κ2) is 16.0. The molecular weight excluding hydrogens is 634 g/mol. The van der Waals surface area contributed by atoms with Crippen molar-refractivity contribution >= 4 is 23.7 Å². The molecule has 0 unspecified atom stereocenters. The van der Waals surface area contributed by atoms with Crippen LogP contribution in [0.4, 0.5) is 10.5 Å². The minimum Gasteiger partial charge on any atom is -0.454 e. The van der Waals surface area contributed by atoms with Crippen LogP contribution < -0.4 is 14.8 Å². The number of allylic oxidation sites excluding steroid dienone is 2. The molecule has 3 aromatic rings. The minimum atomic E-state index is -1.39. The first-order valence-electron chi connectivity index (χ1n) is 16.2. The molecule has 7 atom stereocenters. The minimum absolute atomic E-state index is 0.0575. The molecule has 0 aliphatic carbocycles. The molecule has 258 valence electrons. The number of rotatable bonds is 8. The van der Waals surface area contributed by atoms with Crippen molar-refractivity contribution in [2.45, 2.75) is 56.4 Å². The van der Waals surface area contributed by atoms with Crippen molar-refractivity contribution in [1.82, 2.24) is 0 Å². The Bertz CT molecular complexity index is 1620. The fraction of sp³-hybridized carbons (Fsp3) is 0.378. The van der Waals surface area contributed by atoms with Crippen molar-refractivity contribution in [3.8, 4) is 11.5 Å². The maximum Gasteiger partial charge on any atom is 0.412 e. The SMILES string of the molecule is CO[C@H]1O[C@H](CO)[C@@H](OC(=O)Nc2ccc3c(c2)OCO3)[C@@H]2OC(=O)[C@@H](Cc3ccccc3)C/C=C\C[C@H](Cc3ccccc3)C(=O)O[C@@H]12. The number of benzene rings is 3.